The number of esters is 4. The van der Waals surface area contributed by atoms with Crippen LogP contribution in [0.25, 0.3) is 0 Å². The number of carbonyl (C=O) groups excluding carboxylic acids is 4. The van der Waals surface area contributed by atoms with Gasteiger partial charge in [0.25, 0.3) is 0 Å². The largest absolute Gasteiger partial charge is 0.472 e. The third-order valence-electron chi connectivity index (χ3n) is 17.3. The van der Waals surface area contributed by atoms with Gasteiger partial charge in [0, 0.05) is 25.7 Å². The van der Waals surface area contributed by atoms with Crippen LogP contribution in [0.3, 0.4) is 0 Å². The molecule has 19 heteroatoms. The molecule has 17 nitrogen and oxygen atoms in total. The lowest BCUT2D eigenvalue weighted by Gasteiger charge is -2.21. The van der Waals surface area contributed by atoms with Crippen LogP contribution >= 0.6 is 15.6 Å². The molecule has 0 aromatic carbocycles. The van der Waals surface area contributed by atoms with Crippen molar-refractivity contribution >= 4 is 39.5 Å². The maximum atomic E-state index is 13.0. The minimum atomic E-state index is -4.95. The zero-order chi connectivity index (χ0) is 67.9. The van der Waals surface area contributed by atoms with Crippen LogP contribution < -0.4 is 0 Å². The predicted octanol–water partition coefficient (Wildman–Crippen LogP) is 21.2. The zero-order valence-corrected chi connectivity index (χ0v) is 61.6. The molecule has 3 unspecified atom stereocenters. The fourth-order valence-electron chi connectivity index (χ4n) is 11.1. The van der Waals surface area contributed by atoms with E-state index >= 15 is 0 Å². The molecular weight excluding hydrogens is 1210 g/mol. The molecule has 0 aliphatic heterocycles. The van der Waals surface area contributed by atoms with Gasteiger partial charge in [-0.2, -0.15) is 0 Å². The van der Waals surface area contributed by atoms with Gasteiger partial charge in [0.15, 0.2) is 12.2 Å². The summed E-state index contributed by atoms with van der Waals surface area (Å²) < 4.78 is 68.3. The van der Waals surface area contributed by atoms with E-state index in [1.54, 1.807) is 0 Å². The average Bonchev–Trinajstić information content (AvgIpc) is 2.45. The quantitative estimate of drug-likeness (QED) is 0.0222. The third kappa shape index (κ3) is 65.4. The van der Waals surface area contributed by atoms with E-state index in [-0.39, 0.29) is 25.7 Å². The summed E-state index contributed by atoms with van der Waals surface area (Å²) in [6, 6.07) is 0. The van der Waals surface area contributed by atoms with Gasteiger partial charge in [-0.3, -0.25) is 37.3 Å². The molecule has 0 aliphatic rings. The molecule has 0 saturated carbocycles. The Hall–Kier alpha value is -1.94. The van der Waals surface area contributed by atoms with Crippen LogP contribution in [0.2, 0.25) is 0 Å². The monoisotopic (exact) mass is 1350 g/mol. The molecule has 0 bridgehead atoms. The van der Waals surface area contributed by atoms with Crippen LogP contribution in [0, 0.1) is 11.8 Å². The number of ether oxygens (including phenoxy) is 4. The molecular formula is C73H142O17P2. The minimum Gasteiger partial charge on any atom is -0.462 e. The van der Waals surface area contributed by atoms with E-state index in [2.05, 4.69) is 41.5 Å². The second-order valence-corrected chi connectivity index (χ2v) is 30.0. The number of aliphatic hydroxyl groups is 1. The summed E-state index contributed by atoms with van der Waals surface area (Å²) in [5.41, 5.74) is 0. The highest BCUT2D eigenvalue weighted by atomic mass is 31.2. The molecule has 0 aromatic heterocycles. The second kappa shape index (κ2) is 65.0. The van der Waals surface area contributed by atoms with Gasteiger partial charge in [0.05, 0.1) is 26.4 Å². The average molecular weight is 1350 g/mol. The van der Waals surface area contributed by atoms with E-state index in [4.69, 9.17) is 37.0 Å². The minimum absolute atomic E-state index is 0.106. The first-order chi connectivity index (χ1) is 44.4. The van der Waals surface area contributed by atoms with E-state index in [9.17, 15) is 43.2 Å². The van der Waals surface area contributed by atoms with Crippen LogP contribution in [0.5, 0.6) is 0 Å². The van der Waals surface area contributed by atoms with Gasteiger partial charge < -0.3 is 33.8 Å². The Bertz CT molecular complexity index is 1790. The maximum absolute atomic E-state index is 13.0. The Morgan fingerprint density at radius 3 is 0.826 bits per heavy atom. The Morgan fingerprint density at radius 2 is 0.554 bits per heavy atom. The molecule has 0 radical (unpaired) electrons. The van der Waals surface area contributed by atoms with E-state index in [1.165, 1.54) is 186 Å². The Morgan fingerprint density at radius 1 is 0.315 bits per heavy atom. The highest BCUT2D eigenvalue weighted by molar-refractivity contribution is 7.47. The van der Waals surface area contributed by atoms with Crippen molar-refractivity contribution in [2.45, 2.75) is 394 Å². The molecule has 0 spiro atoms. The Labute approximate surface area is 562 Å². The Kier molecular flexibility index (Phi) is 63.7. The number of rotatable bonds is 72. The number of hydrogen-bond acceptors (Lipinski definition) is 15. The van der Waals surface area contributed by atoms with E-state index in [0.717, 1.165) is 102 Å². The number of unbranched alkanes of at least 4 members (excludes halogenated alkanes) is 41. The third-order valence-corrected chi connectivity index (χ3v) is 19.2. The highest BCUT2D eigenvalue weighted by Crippen LogP contribution is 2.45. The second-order valence-electron chi connectivity index (χ2n) is 27.1. The molecule has 0 amide bonds. The van der Waals surface area contributed by atoms with Crippen LogP contribution in [-0.2, 0) is 65.4 Å². The van der Waals surface area contributed by atoms with Gasteiger partial charge >= 0.3 is 39.5 Å². The smallest absolute Gasteiger partial charge is 0.462 e. The summed E-state index contributed by atoms with van der Waals surface area (Å²) >= 11 is 0. The van der Waals surface area contributed by atoms with E-state index in [0.29, 0.717) is 31.6 Å². The lowest BCUT2D eigenvalue weighted by Crippen LogP contribution is -2.30. The zero-order valence-electron chi connectivity index (χ0n) is 59.9. The van der Waals surface area contributed by atoms with Crippen molar-refractivity contribution in [2.75, 3.05) is 39.6 Å². The van der Waals surface area contributed by atoms with Crippen molar-refractivity contribution in [2.24, 2.45) is 11.8 Å². The van der Waals surface area contributed by atoms with Gasteiger partial charge in [0.2, 0.25) is 0 Å². The number of phosphoric ester groups is 2. The van der Waals surface area contributed by atoms with Gasteiger partial charge in [0.1, 0.15) is 19.3 Å². The first-order valence-electron chi connectivity index (χ1n) is 38.0. The molecule has 0 heterocycles. The molecule has 0 saturated heterocycles. The summed E-state index contributed by atoms with van der Waals surface area (Å²) in [5, 5.41) is 10.6. The van der Waals surface area contributed by atoms with Crippen LogP contribution in [-0.4, -0.2) is 96.7 Å². The van der Waals surface area contributed by atoms with Crippen molar-refractivity contribution in [3.8, 4) is 0 Å². The topological polar surface area (TPSA) is 237 Å². The molecule has 6 atom stereocenters. The highest BCUT2D eigenvalue weighted by Gasteiger charge is 2.30. The number of aliphatic hydroxyl groups excluding tert-OH is 1. The molecule has 546 valence electrons. The fraction of sp³-hybridized carbons (Fsp3) is 0.945. The molecule has 0 aliphatic carbocycles. The van der Waals surface area contributed by atoms with Gasteiger partial charge in [-0.15, -0.1) is 0 Å². The molecule has 0 fully saturated rings. The van der Waals surface area contributed by atoms with E-state index < -0.39 is 97.5 Å². The first-order valence-corrected chi connectivity index (χ1v) is 41.0. The lowest BCUT2D eigenvalue weighted by atomic mass is 9.99. The van der Waals surface area contributed by atoms with Gasteiger partial charge in [-0.05, 0) is 37.5 Å². The standard InChI is InChI=1S/C73H142O17P2/c1-7-10-12-14-16-18-31-37-43-49-55-70(75)83-61-68(89-72(77)57-51-45-38-32-19-17-15-13-11-8-2)63-87-91(79,80)85-59-67(74)60-86-92(81,82)88-64-69(62-84-71(76)56-50-44-40-34-35-41-47-53-65(4)5)90-73(78)58-52-46-39-33-29-27-25-23-21-20-22-24-26-28-30-36-42-48-54-66(6)9-3/h65-69,74H,7-64H2,1-6H3,(H,79,80)(H,81,82)/t66?,67-,68+,69+/m0/s1. The first kappa shape index (κ1) is 90.1. The van der Waals surface area contributed by atoms with Crippen molar-refractivity contribution < 1.29 is 80.2 Å². The normalized spacial score (nSPS) is 14.4. The Balaban J connectivity index is 5.13. The van der Waals surface area contributed by atoms with Crippen molar-refractivity contribution in [1.82, 2.24) is 0 Å². The van der Waals surface area contributed by atoms with Crippen LogP contribution in [0.4, 0.5) is 0 Å². The van der Waals surface area contributed by atoms with Crippen molar-refractivity contribution in [3.05, 3.63) is 0 Å². The number of phosphoric acid groups is 2. The molecule has 0 aromatic rings. The summed E-state index contributed by atoms with van der Waals surface area (Å²) in [7, 11) is -9.90. The van der Waals surface area contributed by atoms with Crippen LogP contribution in [0.1, 0.15) is 375 Å². The van der Waals surface area contributed by atoms with E-state index in [1.807, 2.05) is 0 Å². The summed E-state index contributed by atoms with van der Waals surface area (Å²) in [4.78, 5) is 72.5. The van der Waals surface area contributed by atoms with Crippen molar-refractivity contribution in [3.63, 3.8) is 0 Å². The SMILES string of the molecule is CCCCCCCCCCCCC(=O)OC[C@H](COP(=O)(O)OC[C@H](O)COP(=O)(O)OC[C@@H](COC(=O)CCCCCCCCCC(C)C)OC(=O)CCCCCCCCCCCCCCCCCCCCC(C)CC)OC(=O)CCCCCCCCCCCC. The summed E-state index contributed by atoms with van der Waals surface area (Å²) in [6.07, 6.45) is 51.5. The maximum Gasteiger partial charge on any atom is 0.472 e. The molecule has 92 heavy (non-hydrogen) atoms. The number of hydrogen-bond donors (Lipinski definition) is 3. The number of carbonyl (C=O) groups is 4. The molecule has 3 N–H and O–H groups in total. The predicted molar refractivity (Wildman–Crippen MR) is 372 cm³/mol. The summed E-state index contributed by atoms with van der Waals surface area (Å²) in [5.74, 6) is -0.547. The molecule has 0 rings (SSSR count). The summed E-state index contributed by atoms with van der Waals surface area (Å²) in [6.45, 7) is 9.56. The van der Waals surface area contributed by atoms with Gasteiger partial charge in [-0.25, -0.2) is 9.13 Å². The van der Waals surface area contributed by atoms with Crippen molar-refractivity contribution in [1.29, 1.82) is 0 Å². The van der Waals surface area contributed by atoms with Gasteiger partial charge in [-0.1, -0.05) is 324 Å². The van der Waals surface area contributed by atoms with Crippen LogP contribution in [0.15, 0.2) is 0 Å². The fourth-order valence-corrected chi connectivity index (χ4v) is 12.7. The lowest BCUT2D eigenvalue weighted by molar-refractivity contribution is -0.161.